The van der Waals surface area contributed by atoms with Crippen LogP contribution in [0.5, 0.6) is 0 Å². The van der Waals surface area contributed by atoms with Gasteiger partial charge in [-0.2, -0.15) is 0 Å². The number of hydrogen-bond acceptors (Lipinski definition) is 4. The molecule has 0 spiro atoms. The molecule has 0 fully saturated rings. The Morgan fingerprint density at radius 1 is 1.05 bits per heavy atom. The molecule has 5 heteroatoms. The fourth-order valence-corrected chi connectivity index (χ4v) is 5.63. The molecular formula is C15H25NO3Si. The molecule has 1 unspecified atom stereocenters. The first-order valence-corrected chi connectivity index (χ1v) is 9.32. The van der Waals surface area contributed by atoms with Crippen molar-refractivity contribution in [3.8, 4) is 0 Å². The van der Waals surface area contributed by atoms with E-state index in [2.05, 4.69) is 29.6 Å². The van der Waals surface area contributed by atoms with Crippen LogP contribution in [-0.4, -0.2) is 34.3 Å². The van der Waals surface area contributed by atoms with E-state index in [9.17, 15) is 0 Å². The summed E-state index contributed by atoms with van der Waals surface area (Å²) in [5.41, 5.74) is 2.67. The molecule has 0 aliphatic carbocycles. The summed E-state index contributed by atoms with van der Waals surface area (Å²) in [6.07, 6.45) is 2.03. The topological polar surface area (TPSA) is 39.7 Å². The SMILES string of the molecule is CCO[Si](OCC)(OCC)C1CCc2ccccc2N1. The highest BCUT2D eigenvalue weighted by Gasteiger charge is 2.50. The van der Waals surface area contributed by atoms with E-state index in [-0.39, 0.29) is 5.67 Å². The van der Waals surface area contributed by atoms with E-state index in [4.69, 9.17) is 13.3 Å². The smallest absolute Gasteiger partial charge is 0.378 e. The Balaban J connectivity index is 2.21. The van der Waals surface area contributed by atoms with E-state index in [0.29, 0.717) is 19.8 Å². The zero-order valence-electron chi connectivity index (χ0n) is 12.6. The van der Waals surface area contributed by atoms with Crippen LogP contribution in [-0.2, 0) is 19.7 Å². The molecule has 0 bridgehead atoms. The van der Waals surface area contributed by atoms with E-state index in [1.807, 2.05) is 20.8 Å². The van der Waals surface area contributed by atoms with Gasteiger partial charge in [-0.05, 0) is 45.2 Å². The maximum Gasteiger partial charge on any atom is 0.524 e. The number of para-hydroxylation sites is 1. The van der Waals surface area contributed by atoms with Crippen molar-refractivity contribution in [3.63, 3.8) is 0 Å². The van der Waals surface area contributed by atoms with Crippen molar-refractivity contribution in [2.45, 2.75) is 39.3 Å². The third-order valence-corrected chi connectivity index (χ3v) is 6.87. The minimum atomic E-state index is -2.67. The van der Waals surface area contributed by atoms with Gasteiger partial charge in [0.05, 0.1) is 5.67 Å². The molecule has 0 radical (unpaired) electrons. The Morgan fingerprint density at radius 3 is 2.25 bits per heavy atom. The lowest BCUT2D eigenvalue weighted by molar-refractivity contribution is 0.0631. The molecule has 0 saturated heterocycles. The lowest BCUT2D eigenvalue weighted by atomic mass is 10.0. The first kappa shape index (κ1) is 15.5. The summed E-state index contributed by atoms with van der Waals surface area (Å²) in [5, 5.41) is 3.58. The summed E-state index contributed by atoms with van der Waals surface area (Å²) in [5.74, 6) is 0. The molecule has 2 rings (SSSR count). The van der Waals surface area contributed by atoms with E-state index >= 15 is 0 Å². The van der Waals surface area contributed by atoms with Crippen LogP contribution in [0.15, 0.2) is 24.3 Å². The second-order valence-electron chi connectivity index (χ2n) is 4.80. The number of benzene rings is 1. The lowest BCUT2D eigenvalue weighted by Gasteiger charge is -2.38. The first-order chi connectivity index (χ1) is 9.75. The summed E-state index contributed by atoms with van der Waals surface area (Å²) in [7, 11) is -2.67. The van der Waals surface area contributed by atoms with Crippen LogP contribution in [0, 0.1) is 0 Å². The molecule has 20 heavy (non-hydrogen) atoms. The summed E-state index contributed by atoms with van der Waals surface area (Å²) in [6.45, 7) is 7.84. The van der Waals surface area contributed by atoms with Gasteiger partial charge in [0.1, 0.15) is 0 Å². The van der Waals surface area contributed by atoms with Crippen molar-refractivity contribution in [2.24, 2.45) is 0 Å². The molecular weight excluding hydrogens is 270 g/mol. The van der Waals surface area contributed by atoms with Crippen molar-refractivity contribution < 1.29 is 13.3 Å². The molecule has 1 heterocycles. The van der Waals surface area contributed by atoms with Gasteiger partial charge in [0.2, 0.25) is 0 Å². The Hall–Kier alpha value is -0.883. The van der Waals surface area contributed by atoms with Crippen molar-refractivity contribution in [2.75, 3.05) is 25.1 Å². The molecule has 112 valence electrons. The van der Waals surface area contributed by atoms with Gasteiger partial charge in [-0.3, -0.25) is 0 Å². The molecule has 0 amide bonds. The third-order valence-electron chi connectivity index (χ3n) is 3.51. The molecule has 1 N–H and O–H groups in total. The Bertz CT molecular complexity index is 410. The Kier molecular flexibility index (Phi) is 5.60. The largest absolute Gasteiger partial charge is 0.524 e. The normalized spacial score (nSPS) is 18.4. The van der Waals surface area contributed by atoms with E-state index in [0.717, 1.165) is 12.8 Å². The summed E-state index contributed by atoms with van der Waals surface area (Å²) in [6, 6.07) is 8.42. The third kappa shape index (κ3) is 3.23. The monoisotopic (exact) mass is 295 g/mol. The fraction of sp³-hybridized carbons (Fsp3) is 0.600. The molecule has 1 aliphatic rings. The van der Waals surface area contributed by atoms with Crippen LogP contribution < -0.4 is 5.32 Å². The molecule has 4 nitrogen and oxygen atoms in total. The minimum absolute atomic E-state index is 0.136. The highest BCUT2D eigenvalue weighted by Crippen LogP contribution is 2.30. The second-order valence-corrected chi connectivity index (χ2v) is 7.57. The number of nitrogens with one attached hydrogen (secondary N) is 1. The summed E-state index contributed by atoms with van der Waals surface area (Å²) >= 11 is 0. The lowest BCUT2D eigenvalue weighted by Crippen LogP contribution is -2.60. The Labute approximate surface area is 122 Å². The highest BCUT2D eigenvalue weighted by atomic mass is 28.4. The summed E-state index contributed by atoms with van der Waals surface area (Å²) < 4.78 is 18.0. The predicted octanol–water partition coefficient (Wildman–Crippen LogP) is 3.00. The minimum Gasteiger partial charge on any atom is -0.378 e. The molecule has 1 atom stereocenters. The second kappa shape index (κ2) is 7.22. The van der Waals surface area contributed by atoms with Crippen molar-refractivity contribution in [3.05, 3.63) is 29.8 Å². The average Bonchev–Trinajstić information content (AvgIpc) is 2.47. The van der Waals surface area contributed by atoms with Crippen LogP contribution in [0.1, 0.15) is 32.8 Å². The zero-order valence-corrected chi connectivity index (χ0v) is 13.6. The van der Waals surface area contributed by atoms with Gasteiger partial charge in [-0.25, -0.2) is 0 Å². The van der Waals surface area contributed by atoms with Crippen LogP contribution >= 0.6 is 0 Å². The van der Waals surface area contributed by atoms with Gasteiger partial charge in [-0.1, -0.05) is 18.2 Å². The highest BCUT2D eigenvalue weighted by molar-refractivity contribution is 6.63. The van der Waals surface area contributed by atoms with Crippen LogP contribution in [0.3, 0.4) is 0 Å². The standard InChI is InChI=1S/C15H25NO3Si/c1-4-17-20(18-5-2,19-6-3)15-12-11-13-9-7-8-10-14(13)16-15/h7-10,15-16H,4-6,11-12H2,1-3H3. The maximum absolute atomic E-state index is 6.00. The van der Waals surface area contributed by atoms with E-state index < -0.39 is 8.80 Å². The van der Waals surface area contributed by atoms with E-state index in [1.165, 1.54) is 11.3 Å². The first-order valence-electron chi connectivity index (χ1n) is 7.52. The molecule has 1 aromatic rings. The summed E-state index contributed by atoms with van der Waals surface area (Å²) in [4.78, 5) is 0. The number of aryl methyl sites for hydroxylation is 1. The quantitative estimate of drug-likeness (QED) is 0.785. The predicted molar refractivity (Wildman–Crippen MR) is 82.8 cm³/mol. The fourth-order valence-electron chi connectivity index (χ4n) is 2.73. The molecule has 0 aromatic heterocycles. The van der Waals surface area contributed by atoms with Gasteiger partial charge >= 0.3 is 8.80 Å². The zero-order chi connectivity index (χ0) is 14.4. The van der Waals surface area contributed by atoms with Crippen molar-refractivity contribution >= 4 is 14.5 Å². The van der Waals surface area contributed by atoms with Gasteiger partial charge in [0.15, 0.2) is 0 Å². The Morgan fingerprint density at radius 2 is 1.65 bits per heavy atom. The number of hydrogen-bond donors (Lipinski definition) is 1. The molecule has 1 aliphatic heterocycles. The van der Waals surface area contributed by atoms with Crippen molar-refractivity contribution in [1.82, 2.24) is 0 Å². The van der Waals surface area contributed by atoms with Crippen molar-refractivity contribution in [1.29, 1.82) is 0 Å². The van der Waals surface area contributed by atoms with Gasteiger partial charge in [0, 0.05) is 25.5 Å². The van der Waals surface area contributed by atoms with Crippen LogP contribution in [0.4, 0.5) is 5.69 Å². The number of anilines is 1. The molecule has 0 saturated carbocycles. The van der Waals surface area contributed by atoms with Gasteiger partial charge in [-0.15, -0.1) is 0 Å². The van der Waals surface area contributed by atoms with Gasteiger partial charge in [0.25, 0.3) is 0 Å². The maximum atomic E-state index is 6.00. The van der Waals surface area contributed by atoms with Crippen LogP contribution in [0.2, 0.25) is 0 Å². The average molecular weight is 295 g/mol. The van der Waals surface area contributed by atoms with Gasteiger partial charge < -0.3 is 18.6 Å². The number of fused-ring (bicyclic) bond motifs is 1. The molecule has 1 aromatic carbocycles. The van der Waals surface area contributed by atoms with E-state index in [1.54, 1.807) is 0 Å². The van der Waals surface area contributed by atoms with Crippen LogP contribution in [0.25, 0.3) is 0 Å². The number of rotatable bonds is 7.